The molecule has 0 atom stereocenters. The second-order valence-electron chi connectivity index (χ2n) is 6.62. The van der Waals surface area contributed by atoms with Crippen molar-refractivity contribution in [2.24, 2.45) is 5.14 Å². The third-order valence-corrected chi connectivity index (χ3v) is 5.46. The Bertz CT molecular complexity index is 1390. The number of fused-ring (bicyclic) bond motifs is 1. The van der Waals surface area contributed by atoms with Gasteiger partial charge in [0.1, 0.15) is 11.9 Å². The first-order valence-corrected chi connectivity index (χ1v) is 10.3. The number of imidazole rings is 1. The molecule has 0 fully saturated rings. The Morgan fingerprint density at radius 2 is 1.93 bits per heavy atom. The van der Waals surface area contributed by atoms with Crippen molar-refractivity contribution in [2.45, 2.75) is 11.8 Å². The van der Waals surface area contributed by atoms with Crippen LogP contribution in [0.3, 0.4) is 0 Å². The normalized spacial score (nSPS) is 11.8. The lowest BCUT2D eigenvalue weighted by molar-refractivity contribution is 0.598. The monoisotopic (exact) mass is 439 g/mol. The molecule has 0 spiro atoms. The van der Waals surface area contributed by atoms with E-state index in [1.54, 1.807) is 18.2 Å². The predicted octanol–water partition coefficient (Wildman–Crippen LogP) is 3.80. The molecule has 0 saturated heterocycles. The number of hydrogen-bond acceptors (Lipinski definition) is 4. The SMILES string of the molecule is Cc1ccc2nc(C(C#N)=Cc3cccn3-c3ccc(S(N)(=O)=O)cc3)[nH]c2c1.Cl. The van der Waals surface area contributed by atoms with Gasteiger partial charge in [-0.15, -0.1) is 12.4 Å². The summed E-state index contributed by atoms with van der Waals surface area (Å²) < 4.78 is 24.7. The predicted molar refractivity (Wildman–Crippen MR) is 119 cm³/mol. The van der Waals surface area contributed by atoms with Crippen LogP contribution in [0.4, 0.5) is 0 Å². The number of allylic oxidation sites excluding steroid dienone is 1. The van der Waals surface area contributed by atoms with E-state index in [2.05, 4.69) is 16.0 Å². The largest absolute Gasteiger partial charge is 0.337 e. The van der Waals surface area contributed by atoms with Crippen LogP contribution in [0.25, 0.3) is 28.4 Å². The van der Waals surface area contributed by atoms with E-state index in [9.17, 15) is 13.7 Å². The summed E-state index contributed by atoms with van der Waals surface area (Å²) in [5.41, 5.74) is 4.65. The van der Waals surface area contributed by atoms with Gasteiger partial charge < -0.3 is 9.55 Å². The first-order chi connectivity index (χ1) is 13.8. The van der Waals surface area contributed by atoms with Crippen LogP contribution in [0.5, 0.6) is 0 Å². The molecule has 0 unspecified atom stereocenters. The van der Waals surface area contributed by atoms with Crippen LogP contribution in [0, 0.1) is 18.3 Å². The second kappa shape index (κ2) is 8.16. The standard InChI is InChI=1S/C21H17N5O2S.ClH/c1-14-4-9-19-20(11-14)25-21(24-19)15(13-22)12-17-3-2-10-26(17)16-5-7-18(8-6-16)29(23,27)28;/h2-12H,1H3,(H,24,25)(H2,23,27,28);1H. The Labute approximate surface area is 179 Å². The molecule has 0 amide bonds. The van der Waals surface area contributed by atoms with Gasteiger partial charge >= 0.3 is 0 Å². The number of nitrogens with zero attached hydrogens (tertiary/aromatic N) is 3. The molecule has 9 heteroatoms. The van der Waals surface area contributed by atoms with Gasteiger partial charge in [-0.05, 0) is 67.1 Å². The van der Waals surface area contributed by atoms with Crippen molar-refractivity contribution in [2.75, 3.05) is 0 Å². The number of aryl methyl sites for hydroxylation is 1. The van der Waals surface area contributed by atoms with Gasteiger partial charge in [-0.1, -0.05) is 6.07 Å². The fraction of sp³-hybridized carbons (Fsp3) is 0.0476. The zero-order valence-corrected chi connectivity index (χ0v) is 17.5. The van der Waals surface area contributed by atoms with E-state index in [1.807, 2.05) is 48.0 Å². The van der Waals surface area contributed by atoms with E-state index >= 15 is 0 Å². The van der Waals surface area contributed by atoms with E-state index < -0.39 is 10.0 Å². The molecule has 2 aromatic heterocycles. The molecule has 0 aliphatic carbocycles. The van der Waals surface area contributed by atoms with E-state index in [-0.39, 0.29) is 17.3 Å². The number of rotatable bonds is 4. The van der Waals surface area contributed by atoms with Crippen molar-refractivity contribution in [3.63, 3.8) is 0 Å². The summed E-state index contributed by atoms with van der Waals surface area (Å²) in [4.78, 5) is 7.74. The van der Waals surface area contributed by atoms with Crippen molar-refractivity contribution in [3.8, 4) is 11.8 Å². The molecule has 0 saturated carbocycles. The third kappa shape index (κ3) is 4.14. The van der Waals surface area contributed by atoms with Crippen LogP contribution in [-0.4, -0.2) is 23.0 Å². The number of sulfonamides is 1. The number of nitrogens with one attached hydrogen (secondary N) is 1. The van der Waals surface area contributed by atoms with Crippen LogP contribution in [0.15, 0.2) is 65.7 Å². The van der Waals surface area contributed by atoms with E-state index in [1.165, 1.54) is 12.1 Å². The molecule has 3 N–H and O–H groups in total. The maximum Gasteiger partial charge on any atom is 0.238 e. The van der Waals surface area contributed by atoms with Gasteiger partial charge in [-0.25, -0.2) is 18.5 Å². The molecule has 152 valence electrons. The molecule has 2 aromatic carbocycles. The minimum absolute atomic E-state index is 0. The number of nitriles is 1. The van der Waals surface area contributed by atoms with Crippen LogP contribution in [0.1, 0.15) is 17.1 Å². The second-order valence-corrected chi connectivity index (χ2v) is 8.18. The van der Waals surface area contributed by atoms with Crippen molar-refractivity contribution < 1.29 is 8.42 Å². The third-order valence-electron chi connectivity index (χ3n) is 4.53. The molecular formula is C21H18ClN5O2S. The highest BCUT2D eigenvalue weighted by Crippen LogP contribution is 2.22. The maximum absolute atomic E-state index is 11.4. The lowest BCUT2D eigenvalue weighted by Crippen LogP contribution is -2.12. The van der Waals surface area contributed by atoms with E-state index in [0.29, 0.717) is 11.4 Å². The zero-order valence-electron chi connectivity index (χ0n) is 15.9. The number of primary sulfonamides is 1. The molecule has 0 aliphatic heterocycles. The Morgan fingerprint density at radius 1 is 1.20 bits per heavy atom. The van der Waals surface area contributed by atoms with Crippen LogP contribution in [0.2, 0.25) is 0 Å². The van der Waals surface area contributed by atoms with Crippen LogP contribution in [-0.2, 0) is 10.0 Å². The quantitative estimate of drug-likeness (QED) is 0.470. The summed E-state index contributed by atoms with van der Waals surface area (Å²) in [6.45, 7) is 2.00. The molecule has 2 heterocycles. The average molecular weight is 440 g/mol. The molecule has 7 nitrogen and oxygen atoms in total. The van der Waals surface area contributed by atoms with Crippen LogP contribution >= 0.6 is 12.4 Å². The number of benzene rings is 2. The van der Waals surface area contributed by atoms with Crippen molar-refractivity contribution in [3.05, 3.63) is 77.9 Å². The zero-order chi connectivity index (χ0) is 20.6. The smallest absolute Gasteiger partial charge is 0.238 e. The van der Waals surface area contributed by atoms with Crippen molar-refractivity contribution in [1.82, 2.24) is 14.5 Å². The topological polar surface area (TPSA) is 118 Å². The molecule has 0 radical (unpaired) electrons. The molecule has 0 aliphatic rings. The van der Waals surface area contributed by atoms with Crippen LogP contribution < -0.4 is 5.14 Å². The summed E-state index contributed by atoms with van der Waals surface area (Å²) in [7, 11) is -3.75. The van der Waals surface area contributed by atoms with Gasteiger partial charge in [0.15, 0.2) is 0 Å². The number of nitrogens with two attached hydrogens (primary N) is 1. The van der Waals surface area contributed by atoms with Gasteiger partial charge in [-0.2, -0.15) is 5.26 Å². The van der Waals surface area contributed by atoms with Crippen molar-refractivity contribution in [1.29, 1.82) is 5.26 Å². The summed E-state index contributed by atoms with van der Waals surface area (Å²) in [5.74, 6) is 0.491. The Morgan fingerprint density at radius 3 is 2.60 bits per heavy atom. The van der Waals surface area contributed by atoms with E-state index in [4.69, 9.17) is 5.14 Å². The minimum Gasteiger partial charge on any atom is -0.337 e. The number of aromatic amines is 1. The van der Waals surface area contributed by atoms with E-state index in [0.717, 1.165) is 28.0 Å². The molecule has 0 bridgehead atoms. The van der Waals surface area contributed by atoms with Gasteiger partial charge in [0.25, 0.3) is 0 Å². The fourth-order valence-electron chi connectivity index (χ4n) is 3.10. The lowest BCUT2D eigenvalue weighted by Gasteiger charge is -2.08. The fourth-order valence-corrected chi connectivity index (χ4v) is 3.61. The molecule has 30 heavy (non-hydrogen) atoms. The summed E-state index contributed by atoms with van der Waals surface area (Å²) in [6, 6.07) is 18.0. The van der Waals surface area contributed by atoms with Gasteiger partial charge in [0.05, 0.1) is 21.5 Å². The molecule has 4 aromatic rings. The summed E-state index contributed by atoms with van der Waals surface area (Å²) >= 11 is 0. The highest BCUT2D eigenvalue weighted by Gasteiger charge is 2.11. The first kappa shape index (κ1) is 21.3. The number of aromatic nitrogens is 3. The summed E-state index contributed by atoms with van der Waals surface area (Å²) in [5, 5.41) is 14.8. The maximum atomic E-state index is 11.4. The molecule has 4 rings (SSSR count). The lowest BCUT2D eigenvalue weighted by atomic mass is 10.2. The summed E-state index contributed by atoms with van der Waals surface area (Å²) in [6.07, 6.45) is 3.56. The van der Waals surface area contributed by atoms with Gasteiger partial charge in [0.2, 0.25) is 10.0 Å². The first-order valence-electron chi connectivity index (χ1n) is 8.74. The number of hydrogen-bond donors (Lipinski definition) is 2. The van der Waals surface area contributed by atoms with Gasteiger partial charge in [-0.3, -0.25) is 0 Å². The van der Waals surface area contributed by atoms with Gasteiger partial charge in [0, 0.05) is 17.6 Å². The Kier molecular flexibility index (Phi) is 5.80. The highest BCUT2D eigenvalue weighted by molar-refractivity contribution is 7.89. The Balaban J connectivity index is 0.00000256. The average Bonchev–Trinajstić information content (AvgIpc) is 3.31. The molecular weight excluding hydrogens is 422 g/mol. The Hall–Kier alpha value is -3.38. The minimum atomic E-state index is -3.75. The number of halogens is 1. The highest BCUT2D eigenvalue weighted by atomic mass is 35.5. The van der Waals surface area contributed by atoms with Crippen molar-refractivity contribution >= 4 is 45.1 Å². The number of H-pyrrole nitrogens is 1.